The van der Waals surface area contributed by atoms with Gasteiger partial charge in [-0.1, -0.05) is 23.7 Å². The summed E-state index contributed by atoms with van der Waals surface area (Å²) in [5.74, 6) is 0.0812. The summed E-state index contributed by atoms with van der Waals surface area (Å²) >= 11 is 5.96. The number of likely N-dealkylation sites (tertiary alicyclic amines) is 1. The average Bonchev–Trinajstić information content (AvgIpc) is 3.15. The third-order valence-electron chi connectivity index (χ3n) is 5.12. The van der Waals surface area contributed by atoms with Crippen LogP contribution in [0.4, 0.5) is 13.2 Å². The Bertz CT molecular complexity index is 1110. The number of alkyl halides is 3. The molecule has 0 bridgehead atoms. The van der Waals surface area contributed by atoms with Gasteiger partial charge in [0.25, 0.3) is 0 Å². The molecule has 1 aliphatic heterocycles. The largest absolute Gasteiger partial charge is 0.417 e. The summed E-state index contributed by atoms with van der Waals surface area (Å²) in [5.41, 5.74) is 0.402. The molecule has 3 aromatic rings. The van der Waals surface area contributed by atoms with E-state index >= 15 is 0 Å². The van der Waals surface area contributed by atoms with Gasteiger partial charge in [-0.25, -0.2) is 0 Å². The summed E-state index contributed by atoms with van der Waals surface area (Å²) in [6.07, 6.45) is 1.20. The molecule has 1 fully saturated rings. The number of carbonyl (C=O) groups is 1. The molecular formula is C21H18ClF3N4O. The Morgan fingerprint density at radius 1 is 1.20 bits per heavy atom. The van der Waals surface area contributed by atoms with Crippen molar-refractivity contribution in [1.29, 1.82) is 0 Å². The maximum Gasteiger partial charge on any atom is 0.417 e. The van der Waals surface area contributed by atoms with Gasteiger partial charge in [0.1, 0.15) is 5.82 Å². The molecule has 4 rings (SSSR count). The third-order valence-corrected chi connectivity index (χ3v) is 5.36. The first-order valence-electron chi connectivity index (χ1n) is 9.46. The SMILES string of the molecule is O=C(/C=C/c1cccc(Cl)c1)N1CCCC(c2nnc3ccc(C(F)(F)F)cn23)C1. The lowest BCUT2D eigenvalue weighted by atomic mass is 9.97. The number of carbonyl (C=O) groups excluding carboxylic acids is 1. The van der Waals surface area contributed by atoms with E-state index in [9.17, 15) is 18.0 Å². The maximum atomic E-state index is 13.1. The number of pyridine rings is 1. The summed E-state index contributed by atoms with van der Waals surface area (Å²) in [6, 6.07) is 9.45. The second-order valence-corrected chi connectivity index (χ2v) is 7.65. The van der Waals surface area contributed by atoms with Gasteiger partial charge in [-0.15, -0.1) is 10.2 Å². The zero-order valence-corrected chi connectivity index (χ0v) is 16.6. The van der Waals surface area contributed by atoms with Crippen molar-refractivity contribution in [2.45, 2.75) is 24.9 Å². The number of aromatic nitrogens is 3. The zero-order chi connectivity index (χ0) is 21.3. The quantitative estimate of drug-likeness (QED) is 0.555. The van der Waals surface area contributed by atoms with E-state index in [1.165, 1.54) is 16.5 Å². The van der Waals surface area contributed by atoms with E-state index in [-0.39, 0.29) is 11.8 Å². The number of fused-ring (bicyclic) bond motifs is 1. The van der Waals surface area contributed by atoms with E-state index in [1.807, 2.05) is 6.07 Å². The van der Waals surface area contributed by atoms with Gasteiger partial charge in [-0.05, 0) is 48.7 Å². The first kappa shape index (κ1) is 20.4. The fourth-order valence-corrected chi connectivity index (χ4v) is 3.82. The van der Waals surface area contributed by atoms with Crippen molar-refractivity contribution in [3.05, 3.63) is 70.6 Å². The second kappa shape index (κ2) is 8.10. The van der Waals surface area contributed by atoms with E-state index in [2.05, 4.69) is 10.2 Å². The van der Waals surface area contributed by atoms with Crippen LogP contribution in [0.25, 0.3) is 11.7 Å². The molecule has 1 unspecified atom stereocenters. The van der Waals surface area contributed by atoms with Crippen molar-refractivity contribution >= 4 is 29.2 Å². The topological polar surface area (TPSA) is 50.5 Å². The highest BCUT2D eigenvalue weighted by Gasteiger charge is 2.32. The van der Waals surface area contributed by atoms with E-state index in [1.54, 1.807) is 29.2 Å². The lowest BCUT2D eigenvalue weighted by Gasteiger charge is -2.31. The molecule has 9 heteroatoms. The highest BCUT2D eigenvalue weighted by Crippen LogP contribution is 2.31. The molecule has 0 N–H and O–H groups in total. The summed E-state index contributed by atoms with van der Waals surface area (Å²) in [7, 11) is 0. The number of rotatable bonds is 3. The Kier molecular flexibility index (Phi) is 5.51. The van der Waals surface area contributed by atoms with E-state index in [4.69, 9.17) is 11.6 Å². The van der Waals surface area contributed by atoms with Gasteiger partial charge in [0, 0.05) is 36.3 Å². The minimum absolute atomic E-state index is 0.163. The molecule has 1 aromatic carbocycles. The Morgan fingerprint density at radius 3 is 2.80 bits per heavy atom. The van der Waals surface area contributed by atoms with Crippen LogP contribution in [0.2, 0.25) is 5.02 Å². The molecule has 5 nitrogen and oxygen atoms in total. The Morgan fingerprint density at radius 2 is 2.03 bits per heavy atom. The predicted octanol–water partition coefficient (Wildman–Crippen LogP) is 4.82. The van der Waals surface area contributed by atoms with Crippen LogP contribution in [-0.2, 0) is 11.0 Å². The number of amides is 1. The van der Waals surface area contributed by atoms with Crippen molar-refractivity contribution in [2.24, 2.45) is 0 Å². The Balaban J connectivity index is 1.53. The second-order valence-electron chi connectivity index (χ2n) is 7.21. The molecule has 0 spiro atoms. The van der Waals surface area contributed by atoms with Gasteiger partial charge < -0.3 is 4.90 Å². The molecule has 1 amide bonds. The molecule has 30 heavy (non-hydrogen) atoms. The van der Waals surface area contributed by atoms with Crippen LogP contribution in [-0.4, -0.2) is 38.5 Å². The number of benzene rings is 1. The highest BCUT2D eigenvalue weighted by molar-refractivity contribution is 6.30. The predicted molar refractivity (Wildman–Crippen MR) is 107 cm³/mol. The maximum absolute atomic E-state index is 13.1. The lowest BCUT2D eigenvalue weighted by Crippen LogP contribution is -2.38. The third kappa shape index (κ3) is 4.33. The van der Waals surface area contributed by atoms with Gasteiger partial charge in [0.2, 0.25) is 5.91 Å². The van der Waals surface area contributed by atoms with Crippen LogP contribution < -0.4 is 0 Å². The summed E-state index contributed by atoms with van der Waals surface area (Å²) in [5, 5.41) is 8.68. The highest BCUT2D eigenvalue weighted by atomic mass is 35.5. The molecule has 1 atom stereocenters. The first-order chi connectivity index (χ1) is 14.3. The molecule has 0 radical (unpaired) electrons. The smallest absolute Gasteiger partial charge is 0.338 e. The number of nitrogens with zero attached hydrogens (tertiary/aromatic N) is 4. The fourth-order valence-electron chi connectivity index (χ4n) is 3.63. The van der Waals surface area contributed by atoms with Crippen molar-refractivity contribution < 1.29 is 18.0 Å². The molecule has 0 saturated carbocycles. The minimum Gasteiger partial charge on any atom is -0.338 e. The molecule has 156 valence electrons. The van der Waals surface area contributed by atoms with Gasteiger partial charge in [0.05, 0.1) is 5.56 Å². The van der Waals surface area contributed by atoms with Crippen LogP contribution in [0, 0.1) is 0 Å². The summed E-state index contributed by atoms with van der Waals surface area (Å²) in [4.78, 5) is 14.3. The van der Waals surface area contributed by atoms with Gasteiger partial charge in [-0.2, -0.15) is 13.2 Å². The molecular weight excluding hydrogens is 417 g/mol. The molecule has 2 aromatic heterocycles. The molecule has 1 saturated heterocycles. The van der Waals surface area contributed by atoms with Gasteiger partial charge >= 0.3 is 6.18 Å². The van der Waals surface area contributed by atoms with Crippen molar-refractivity contribution in [3.8, 4) is 0 Å². The Hall–Kier alpha value is -2.87. The van der Waals surface area contributed by atoms with E-state index in [0.29, 0.717) is 29.6 Å². The normalized spacial score (nSPS) is 17.7. The fraction of sp³-hybridized carbons (Fsp3) is 0.286. The first-order valence-corrected chi connectivity index (χ1v) is 9.83. The summed E-state index contributed by atoms with van der Waals surface area (Å²) in [6.45, 7) is 0.954. The van der Waals surface area contributed by atoms with Crippen LogP contribution in [0.15, 0.2) is 48.7 Å². The number of halogens is 4. The number of hydrogen-bond donors (Lipinski definition) is 0. The molecule has 3 heterocycles. The van der Waals surface area contributed by atoms with Crippen LogP contribution in [0.1, 0.15) is 35.7 Å². The summed E-state index contributed by atoms with van der Waals surface area (Å²) < 4.78 is 40.7. The van der Waals surface area contributed by atoms with Crippen molar-refractivity contribution in [3.63, 3.8) is 0 Å². The molecule has 1 aliphatic rings. The van der Waals surface area contributed by atoms with Crippen LogP contribution in [0.3, 0.4) is 0 Å². The van der Waals surface area contributed by atoms with Crippen LogP contribution >= 0.6 is 11.6 Å². The van der Waals surface area contributed by atoms with E-state index in [0.717, 1.165) is 30.7 Å². The van der Waals surface area contributed by atoms with E-state index < -0.39 is 11.7 Å². The minimum atomic E-state index is -4.45. The van der Waals surface area contributed by atoms with Gasteiger partial charge in [-0.3, -0.25) is 9.20 Å². The standard InChI is InChI=1S/C21H18ClF3N4O/c22-17-5-1-3-14(11-17)6-9-19(30)28-10-2-4-15(12-28)20-27-26-18-8-7-16(13-29(18)20)21(23,24)25/h1,3,5-9,11,13,15H,2,4,10,12H2/b9-6+. The Labute approximate surface area is 175 Å². The number of hydrogen-bond acceptors (Lipinski definition) is 3. The average molecular weight is 435 g/mol. The molecule has 0 aliphatic carbocycles. The van der Waals surface area contributed by atoms with Crippen LogP contribution in [0.5, 0.6) is 0 Å². The monoisotopic (exact) mass is 434 g/mol. The lowest BCUT2D eigenvalue weighted by molar-refractivity contribution is -0.137. The van der Waals surface area contributed by atoms with Crippen molar-refractivity contribution in [1.82, 2.24) is 19.5 Å². The zero-order valence-electron chi connectivity index (χ0n) is 15.8. The van der Waals surface area contributed by atoms with Gasteiger partial charge in [0.15, 0.2) is 5.65 Å². The van der Waals surface area contributed by atoms with Crippen molar-refractivity contribution in [2.75, 3.05) is 13.1 Å². The number of piperidine rings is 1.